The zero-order valence-corrected chi connectivity index (χ0v) is 22.9. The number of aliphatic hydroxyl groups is 3. The van der Waals surface area contributed by atoms with E-state index >= 15 is 0 Å². The summed E-state index contributed by atoms with van der Waals surface area (Å²) in [6.07, 6.45) is 6.66. The van der Waals surface area contributed by atoms with E-state index < -0.39 is 40.5 Å². The molecular weight excluding hydrogens is 456 g/mol. The van der Waals surface area contributed by atoms with Crippen molar-refractivity contribution in [2.75, 3.05) is 0 Å². The second-order valence-electron chi connectivity index (χ2n) is 14.6. The fourth-order valence-electron chi connectivity index (χ4n) is 10.9. The van der Waals surface area contributed by atoms with Gasteiger partial charge in [-0.1, -0.05) is 46.3 Å². The number of hydrogen-bond donors (Lipinski definition) is 4. The molecule has 36 heavy (non-hydrogen) atoms. The van der Waals surface area contributed by atoms with Crippen LogP contribution in [0.3, 0.4) is 0 Å². The van der Waals surface area contributed by atoms with Crippen molar-refractivity contribution in [3.63, 3.8) is 0 Å². The number of rotatable bonds is 2. The summed E-state index contributed by atoms with van der Waals surface area (Å²) in [5.41, 5.74) is -3.04. The number of aliphatic hydroxyl groups excluding tert-OH is 2. The molecule has 4 N–H and O–H groups in total. The molecule has 12 atom stereocenters. The fourth-order valence-corrected chi connectivity index (χ4v) is 10.9. The lowest BCUT2D eigenvalue weighted by Gasteiger charge is -2.72. The average molecular weight is 503 g/mol. The van der Waals surface area contributed by atoms with Crippen LogP contribution in [-0.2, 0) is 9.59 Å². The van der Waals surface area contributed by atoms with Crippen LogP contribution in [0.4, 0.5) is 0 Å². The van der Waals surface area contributed by atoms with Crippen molar-refractivity contribution < 1.29 is 30.0 Å². The molecule has 0 heterocycles. The molecule has 5 rings (SSSR count). The topological polar surface area (TPSA) is 115 Å². The molecule has 4 fully saturated rings. The lowest BCUT2D eigenvalue weighted by atomic mass is 9.32. The fraction of sp³-hybridized carbons (Fsp3) is 0.867. The van der Waals surface area contributed by atoms with Gasteiger partial charge in [0, 0.05) is 11.8 Å². The third-order valence-corrected chi connectivity index (χ3v) is 13.3. The number of aldehydes is 1. The van der Waals surface area contributed by atoms with Crippen LogP contribution in [0.2, 0.25) is 0 Å². The normalized spacial score (nSPS) is 58.4. The maximum atomic E-state index is 12.8. The molecular formula is C30H46O6. The van der Waals surface area contributed by atoms with Crippen LogP contribution in [-0.4, -0.2) is 50.5 Å². The Hall–Kier alpha value is -1.24. The van der Waals surface area contributed by atoms with E-state index in [1.54, 1.807) is 0 Å². The third-order valence-electron chi connectivity index (χ3n) is 13.3. The smallest absolute Gasteiger partial charge is 0.310 e. The highest BCUT2D eigenvalue weighted by Crippen LogP contribution is 2.75. The first-order valence-electron chi connectivity index (χ1n) is 14.0. The molecule has 5 aliphatic rings. The maximum Gasteiger partial charge on any atom is 0.310 e. The molecule has 0 aromatic rings. The molecule has 12 unspecified atom stereocenters. The minimum atomic E-state index is -1.13. The van der Waals surface area contributed by atoms with Gasteiger partial charge < -0.3 is 25.2 Å². The van der Waals surface area contributed by atoms with Crippen LogP contribution < -0.4 is 0 Å². The summed E-state index contributed by atoms with van der Waals surface area (Å²) < 4.78 is 0. The Morgan fingerprint density at radius 2 is 1.69 bits per heavy atom. The van der Waals surface area contributed by atoms with Gasteiger partial charge in [-0.05, 0) is 86.4 Å². The molecule has 6 nitrogen and oxygen atoms in total. The van der Waals surface area contributed by atoms with Crippen molar-refractivity contribution in [2.24, 2.45) is 50.7 Å². The highest BCUT2D eigenvalue weighted by atomic mass is 16.4. The van der Waals surface area contributed by atoms with Gasteiger partial charge in [-0.3, -0.25) is 4.79 Å². The van der Waals surface area contributed by atoms with Gasteiger partial charge in [0.05, 0.1) is 28.6 Å². The predicted molar refractivity (Wildman–Crippen MR) is 136 cm³/mol. The summed E-state index contributed by atoms with van der Waals surface area (Å²) in [6, 6.07) is 0. The summed E-state index contributed by atoms with van der Waals surface area (Å²) in [6.45, 7) is 12.4. The third kappa shape index (κ3) is 2.85. The van der Waals surface area contributed by atoms with Crippen LogP contribution in [0.1, 0.15) is 92.9 Å². The molecule has 0 radical (unpaired) electrons. The number of aliphatic carboxylic acids is 1. The monoisotopic (exact) mass is 502 g/mol. The number of carbonyl (C=O) groups excluding carboxylic acids is 1. The molecule has 6 heteroatoms. The number of hydrogen-bond acceptors (Lipinski definition) is 5. The zero-order chi connectivity index (χ0) is 26.7. The number of carboxylic acid groups (broad SMARTS) is 1. The molecule has 0 spiro atoms. The SMILES string of the molecule is CC1CCC2(C(=O)O)CCC3(C)C(=CCC4C5(C)CCC(O)C(C)(C=O)C5C(O)CC43C)C2C1(C)O. The Labute approximate surface area is 215 Å². The first-order valence-corrected chi connectivity index (χ1v) is 14.0. The standard InChI is InChI=1S/C30H46O6/c1-17-9-12-30(24(34)35)14-13-27(4)18(22(30)29(17,6)36)7-8-20-25(2)11-10-21(33)26(3,16-31)23(25)19(32)15-28(20,27)5/h7,16-17,19-23,32-33,36H,8-15H2,1-6H3,(H,34,35). The second-order valence-corrected chi connectivity index (χ2v) is 14.6. The summed E-state index contributed by atoms with van der Waals surface area (Å²) in [4.78, 5) is 25.2. The van der Waals surface area contributed by atoms with Crippen LogP contribution in [0, 0.1) is 50.7 Å². The Morgan fingerprint density at radius 1 is 1.03 bits per heavy atom. The lowest BCUT2D eigenvalue weighted by molar-refractivity contribution is -0.243. The summed E-state index contributed by atoms with van der Waals surface area (Å²) in [5.74, 6) is -1.41. The predicted octanol–water partition coefficient (Wildman–Crippen LogP) is 4.35. The Kier molecular flexibility index (Phi) is 5.61. The molecule has 0 aliphatic heterocycles. The van der Waals surface area contributed by atoms with E-state index in [2.05, 4.69) is 26.8 Å². The minimum Gasteiger partial charge on any atom is -0.481 e. The molecule has 5 aliphatic carbocycles. The van der Waals surface area contributed by atoms with Crippen LogP contribution in [0.25, 0.3) is 0 Å². The maximum absolute atomic E-state index is 12.8. The van der Waals surface area contributed by atoms with Gasteiger partial charge in [0.1, 0.15) is 6.29 Å². The largest absolute Gasteiger partial charge is 0.481 e. The van der Waals surface area contributed by atoms with E-state index in [1.807, 2.05) is 20.8 Å². The van der Waals surface area contributed by atoms with Crippen molar-refractivity contribution >= 4 is 12.3 Å². The van der Waals surface area contributed by atoms with Gasteiger partial charge >= 0.3 is 5.97 Å². The van der Waals surface area contributed by atoms with E-state index in [9.17, 15) is 30.0 Å². The number of fused-ring (bicyclic) bond motifs is 7. The van der Waals surface area contributed by atoms with Crippen LogP contribution in [0.5, 0.6) is 0 Å². The first-order chi connectivity index (χ1) is 16.6. The van der Waals surface area contributed by atoms with E-state index in [4.69, 9.17) is 0 Å². The molecule has 4 saturated carbocycles. The zero-order valence-electron chi connectivity index (χ0n) is 22.9. The van der Waals surface area contributed by atoms with Crippen molar-refractivity contribution in [3.05, 3.63) is 11.6 Å². The van der Waals surface area contributed by atoms with Gasteiger partial charge in [-0.25, -0.2) is 0 Å². The Bertz CT molecular complexity index is 1000. The summed E-state index contributed by atoms with van der Waals surface area (Å²) in [7, 11) is 0. The van der Waals surface area contributed by atoms with E-state index in [-0.39, 0.29) is 34.0 Å². The number of allylic oxidation sites excluding steroid dienone is 1. The molecule has 0 aromatic heterocycles. The van der Waals surface area contributed by atoms with E-state index in [1.165, 1.54) is 0 Å². The van der Waals surface area contributed by atoms with E-state index in [0.29, 0.717) is 38.5 Å². The molecule has 202 valence electrons. The minimum absolute atomic E-state index is 0.00395. The van der Waals surface area contributed by atoms with E-state index in [0.717, 1.165) is 24.7 Å². The Morgan fingerprint density at radius 3 is 2.31 bits per heavy atom. The summed E-state index contributed by atoms with van der Waals surface area (Å²) >= 11 is 0. The van der Waals surface area contributed by atoms with Crippen molar-refractivity contribution in [2.45, 2.75) is 111 Å². The van der Waals surface area contributed by atoms with Gasteiger partial charge in [0.2, 0.25) is 0 Å². The van der Waals surface area contributed by atoms with Crippen molar-refractivity contribution in [1.82, 2.24) is 0 Å². The molecule has 0 aromatic carbocycles. The molecule has 0 saturated heterocycles. The van der Waals surface area contributed by atoms with Crippen molar-refractivity contribution in [3.8, 4) is 0 Å². The first kappa shape index (κ1) is 26.4. The van der Waals surface area contributed by atoms with Gasteiger partial charge in [0.15, 0.2) is 0 Å². The van der Waals surface area contributed by atoms with Crippen LogP contribution >= 0.6 is 0 Å². The number of carbonyl (C=O) groups is 2. The quantitative estimate of drug-likeness (QED) is 0.330. The van der Waals surface area contributed by atoms with Gasteiger partial charge in [0.25, 0.3) is 0 Å². The lowest BCUT2D eigenvalue weighted by Crippen LogP contribution is -2.70. The molecule has 0 bridgehead atoms. The highest BCUT2D eigenvalue weighted by molar-refractivity contribution is 5.77. The van der Waals surface area contributed by atoms with Crippen molar-refractivity contribution in [1.29, 1.82) is 0 Å². The van der Waals surface area contributed by atoms with Gasteiger partial charge in [-0.2, -0.15) is 0 Å². The second kappa shape index (κ2) is 7.66. The molecule has 0 amide bonds. The average Bonchev–Trinajstić information content (AvgIpc) is 2.79. The van der Waals surface area contributed by atoms with Crippen LogP contribution in [0.15, 0.2) is 11.6 Å². The highest BCUT2D eigenvalue weighted by Gasteiger charge is 2.73. The summed E-state index contributed by atoms with van der Waals surface area (Å²) in [5, 5.41) is 45.0. The van der Waals surface area contributed by atoms with Gasteiger partial charge in [-0.15, -0.1) is 0 Å². The Balaban J connectivity index is 1.67. The number of carboxylic acids is 1.